The van der Waals surface area contributed by atoms with Crippen LogP contribution in [0.25, 0.3) is 0 Å². The minimum absolute atomic E-state index is 0.161. The molecule has 2 aromatic rings. The quantitative estimate of drug-likeness (QED) is 0.668. The largest absolute Gasteiger partial charge is 0.349 e. The molecule has 0 spiro atoms. The molecule has 2 aliphatic heterocycles. The van der Waals surface area contributed by atoms with E-state index in [2.05, 4.69) is 24.3 Å². The van der Waals surface area contributed by atoms with Crippen molar-refractivity contribution >= 4 is 11.8 Å². The molecule has 180 valence electrons. The van der Waals surface area contributed by atoms with E-state index in [1.807, 2.05) is 15.5 Å². The van der Waals surface area contributed by atoms with Gasteiger partial charge in [-0.05, 0) is 50.0 Å². The summed E-state index contributed by atoms with van der Waals surface area (Å²) in [6, 6.07) is 10.7. The minimum Gasteiger partial charge on any atom is -0.349 e. The van der Waals surface area contributed by atoms with Gasteiger partial charge in [0.1, 0.15) is 11.1 Å². The highest BCUT2D eigenvalue weighted by Gasteiger charge is 2.30. The second-order valence-electron chi connectivity index (χ2n) is 10.1. The summed E-state index contributed by atoms with van der Waals surface area (Å²) in [5, 5.41) is 0. The van der Waals surface area contributed by atoms with E-state index in [9.17, 15) is 14.4 Å². The number of likely N-dealkylation sites (tertiary alicyclic amines) is 2. The maximum Gasteiger partial charge on any atom is 0.259 e. The molecular weight excluding hydrogens is 426 g/mol. The fourth-order valence-electron chi connectivity index (χ4n) is 5.89. The standard InChI is InChI=1S/C28H35N3O3/c32-26-24(27(33)29-15-7-8-16-29)19-31(23-11-5-2-6-12-23)20-25(26)28(34)30-17-13-22(14-18-30)21-9-3-1-4-10-21/h1,3-4,9-10,19-20,22-23H,2,5-8,11-18H2. The van der Waals surface area contributed by atoms with Gasteiger partial charge in [0.2, 0.25) is 5.43 Å². The average molecular weight is 462 g/mol. The molecule has 1 aliphatic carbocycles. The molecule has 3 fully saturated rings. The summed E-state index contributed by atoms with van der Waals surface area (Å²) in [6.45, 7) is 2.64. The number of piperidine rings is 1. The zero-order valence-corrected chi connectivity index (χ0v) is 20.0. The second kappa shape index (κ2) is 10.2. The maximum atomic E-state index is 13.6. The molecule has 0 radical (unpaired) electrons. The van der Waals surface area contributed by atoms with Crippen molar-refractivity contribution in [1.82, 2.24) is 14.4 Å². The van der Waals surface area contributed by atoms with E-state index >= 15 is 0 Å². The third kappa shape index (κ3) is 4.68. The predicted octanol–water partition coefficient (Wildman–Crippen LogP) is 4.61. The van der Waals surface area contributed by atoms with E-state index in [0.717, 1.165) is 51.4 Å². The van der Waals surface area contributed by atoms with Crippen molar-refractivity contribution in [3.05, 3.63) is 69.6 Å². The normalized spacial score (nSPS) is 20.0. The zero-order valence-electron chi connectivity index (χ0n) is 20.0. The molecule has 2 amide bonds. The molecule has 1 aromatic carbocycles. The van der Waals surface area contributed by atoms with Gasteiger partial charge in [-0.2, -0.15) is 0 Å². The first kappa shape index (κ1) is 22.9. The lowest BCUT2D eigenvalue weighted by atomic mass is 9.89. The van der Waals surface area contributed by atoms with Crippen LogP contribution in [0.1, 0.15) is 96.0 Å². The molecule has 6 nitrogen and oxygen atoms in total. The van der Waals surface area contributed by atoms with Gasteiger partial charge < -0.3 is 14.4 Å². The SMILES string of the molecule is O=C(c1cn(C2CCCCC2)cc(C(=O)N2CCC(c3ccccc3)CC2)c1=O)N1CCCC1. The number of hydrogen-bond donors (Lipinski definition) is 0. The summed E-state index contributed by atoms with van der Waals surface area (Å²) in [5.41, 5.74) is 1.23. The Labute approximate surface area is 201 Å². The Kier molecular flexibility index (Phi) is 6.84. The number of carbonyl (C=O) groups excluding carboxylic acids is 2. The summed E-state index contributed by atoms with van der Waals surface area (Å²) in [7, 11) is 0. The zero-order chi connectivity index (χ0) is 23.5. The monoisotopic (exact) mass is 461 g/mol. The van der Waals surface area contributed by atoms with E-state index in [0.29, 0.717) is 32.1 Å². The fraction of sp³-hybridized carbons (Fsp3) is 0.536. The molecule has 34 heavy (non-hydrogen) atoms. The first-order chi connectivity index (χ1) is 16.6. The molecule has 0 unspecified atom stereocenters. The van der Waals surface area contributed by atoms with E-state index in [1.54, 1.807) is 17.3 Å². The molecular formula is C28H35N3O3. The minimum atomic E-state index is -0.404. The summed E-state index contributed by atoms with van der Waals surface area (Å²) in [4.78, 5) is 43.9. The Hall–Kier alpha value is -2.89. The van der Waals surface area contributed by atoms with E-state index < -0.39 is 5.43 Å². The van der Waals surface area contributed by atoms with Gasteiger partial charge in [-0.25, -0.2) is 0 Å². The number of aromatic nitrogens is 1. The van der Waals surface area contributed by atoms with Crippen LogP contribution >= 0.6 is 0 Å². The molecule has 5 rings (SSSR count). The Balaban J connectivity index is 1.41. The van der Waals surface area contributed by atoms with Crippen molar-refractivity contribution < 1.29 is 9.59 Å². The van der Waals surface area contributed by atoms with E-state index in [1.165, 1.54) is 12.0 Å². The molecule has 6 heteroatoms. The van der Waals surface area contributed by atoms with Crippen LogP contribution in [0.4, 0.5) is 0 Å². The number of amides is 2. The van der Waals surface area contributed by atoms with Crippen LogP contribution < -0.4 is 5.43 Å². The molecule has 0 atom stereocenters. The van der Waals surface area contributed by atoms with Crippen LogP contribution in [0.2, 0.25) is 0 Å². The highest BCUT2D eigenvalue weighted by Crippen LogP contribution is 2.30. The Morgan fingerprint density at radius 2 is 1.24 bits per heavy atom. The van der Waals surface area contributed by atoms with Crippen LogP contribution in [-0.4, -0.2) is 52.4 Å². The van der Waals surface area contributed by atoms with Gasteiger partial charge in [-0.3, -0.25) is 14.4 Å². The van der Waals surface area contributed by atoms with Crippen LogP contribution in [0.15, 0.2) is 47.5 Å². The third-order valence-electron chi connectivity index (χ3n) is 7.95. The molecule has 1 saturated carbocycles. The van der Waals surface area contributed by atoms with E-state index in [4.69, 9.17) is 0 Å². The number of nitrogens with zero attached hydrogens (tertiary/aromatic N) is 3. The topological polar surface area (TPSA) is 62.6 Å². The molecule has 3 aliphatic rings. The Morgan fingerprint density at radius 3 is 1.82 bits per heavy atom. The summed E-state index contributed by atoms with van der Waals surface area (Å²) >= 11 is 0. The van der Waals surface area contributed by atoms with E-state index in [-0.39, 0.29) is 29.0 Å². The first-order valence-corrected chi connectivity index (χ1v) is 13.0. The van der Waals surface area contributed by atoms with Crippen molar-refractivity contribution in [2.24, 2.45) is 0 Å². The first-order valence-electron chi connectivity index (χ1n) is 13.0. The number of hydrogen-bond acceptors (Lipinski definition) is 3. The van der Waals surface area contributed by atoms with Crippen LogP contribution in [-0.2, 0) is 0 Å². The maximum absolute atomic E-state index is 13.6. The number of pyridine rings is 1. The van der Waals surface area contributed by atoms with Gasteiger partial charge in [0.15, 0.2) is 0 Å². The highest BCUT2D eigenvalue weighted by atomic mass is 16.2. The lowest BCUT2D eigenvalue weighted by Crippen LogP contribution is -2.42. The van der Waals surface area contributed by atoms with Crippen LogP contribution in [0.3, 0.4) is 0 Å². The van der Waals surface area contributed by atoms with Gasteiger partial charge in [-0.15, -0.1) is 0 Å². The van der Waals surface area contributed by atoms with Crippen LogP contribution in [0.5, 0.6) is 0 Å². The van der Waals surface area contributed by atoms with Gasteiger partial charge in [-0.1, -0.05) is 49.6 Å². The molecule has 2 saturated heterocycles. The van der Waals surface area contributed by atoms with Gasteiger partial charge in [0.25, 0.3) is 11.8 Å². The highest BCUT2D eigenvalue weighted by molar-refractivity contribution is 5.99. The Morgan fingerprint density at radius 1 is 0.676 bits per heavy atom. The van der Waals surface area contributed by atoms with Gasteiger partial charge in [0.05, 0.1) is 0 Å². The number of carbonyl (C=O) groups is 2. The Bertz CT molecular complexity index is 1070. The number of benzene rings is 1. The average Bonchev–Trinajstić information content (AvgIpc) is 3.44. The predicted molar refractivity (Wildman–Crippen MR) is 132 cm³/mol. The van der Waals surface area contributed by atoms with Crippen molar-refractivity contribution in [3.63, 3.8) is 0 Å². The summed E-state index contributed by atoms with van der Waals surface area (Å²) in [5.74, 6) is -0.00568. The summed E-state index contributed by atoms with van der Waals surface area (Å²) in [6.07, 6.45) is 12.7. The lowest BCUT2D eigenvalue weighted by Gasteiger charge is -2.32. The molecule has 3 heterocycles. The molecule has 0 bridgehead atoms. The van der Waals surface area contributed by atoms with Crippen molar-refractivity contribution in [3.8, 4) is 0 Å². The van der Waals surface area contributed by atoms with Crippen molar-refractivity contribution in [1.29, 1.82) is 0 Å². The number of rotatable bonds is 4. The molecule has 1 aromatic heterocycles. The smallest absolute Gasteiger partial charge is 0.259 e. The lowest BCUT2D eigenvalue weighted by molar-refractivity contribution is 0.0710. The summed E-state index contributed by atoms with van der Waals surface area (Å²) < 4.78 is 2.01. The van der Waals surface area contributed by atoms with Gasteiger partial charge in [0, 0.05) is 44.6 Å². The molecule has 0 N–H and O–H groups in total. The van der Waals surface area contributed by atoms with Crippen molar-refractivity contribution in [2.75, 3.05) is 26.2 Å². The fourth-order valence-corrected chi connectivity index (χ4v) is 5.89. The van der Waals surface area contributed by atoms with Crippen LogP contribution in [0, 0.1) is 0 Å². The third-order valence-corrected chi connectivity index (χ3v) is 7.95. The second-order valence-corrected chi connectivity index (χ2v) is 10.1. The van der Waals surface area contributed by atoms with Crippen molar-refractivity contribution in [2.45, 2.75) is 69.7 Å². The van der Waals surface area contributed by atoms with Gasteiger partial charge >= 0.3 is 0 Å².